The van der Waals surface area contributed by atoms with Crippen molar-refractivity contribution in [2.75, 3.05) is 0 Å². The molecule has 9 nitrogen and oxygen atoms in total. The lowest BCUT2D eigenvalue weighted by Gasteiger charge is -2.23. The van der Waals surface area contributed by atoms with E-state index in [-0.39, 0.29) is 0 Å². The molecule has 284 valence electrons. The van der Waals surface area contributed by atoms with E-state index in [9.17, 15) is 30.6 Å². The summed E-state index contributed by atoms with van der Waals surface area (Å²) < 4.78 is 0. The maximum absolute atomic E-state index is 9.93. The van der Waals surface area contributed by atoms with Gasteiger partial charge in [-0.05, 0) is 79.9 Å². The second-order valence-electron chi connectivity index (χ2n) is 16.0. The predicted molar refractivity (Wildman–Crippen MR) is 218 cm³/mol. The molecule has 0 saturated heterocycles. The summed E-state index contributed by atoms with van der Waals surface area (Å²) in [6, 6.07) is 38.6. The molecular weight excluding hydrogens is 715 g/mol. The summed E-state index contributed by atoms with van der Waals surface area (Å²) in [4.78, 5) is 15.2. The molecule has 1 aromatic heterocycles. The molecule has 9 heteroatoms. The first-order valence-electron chi connectivity index (χ1n) is 18.9. The Labute approximate surface area is 329 Å². The van der Waals surface area contributed by atoms with Crippen molar-refractivity contribution in [1.29, 1.82) is 0 Å². The lowest BCUT2D eigenvalue weighted by Crippen LogP contribution is -2.16. The fourth-order valence-corrected chi connectivity index (χ4v) is 8.53. The monoisotopic (exact) mass is 755 g/mol. The molecule has 2 aliphatic carbocycles. The van der Waals surface area contributed by atoms with Crippen molar-refractivity contribution in [2.45, 2.75) is 57.4 Å². The Hall–Kier alpha value is -5.91. The third kappa shape index (κ3) is 6.07. The third-order valence-corrected chi connectivity index (χ3v) is 11.8. The minimum absolute atomic E-state index is 0.417. The summed E-state index contributed by atoms with van der Waals surface area (Å²) in [5.74, 6) is 1.50. The Balaban J connectivity index is 1.16. The maximum Gasteiger partial charge on any atom is 0.178 e. The number of rotatable bonds is 7. The van der Waals surface area contributed by atoms with Gasteiger partial charge >= 0.3 is 0 Å². The van der Waals surface area contributed by atoms with Crippen molar-refractivity contribution in [2.24, 2.45) is 0 Å². The highest BCUT2D eigenvalue weighted by atomic mass is 16.5. The van der Waals surface area contributed by atoms with Crippen molar-refractivity contribution in [3.63, 3.8) is 0 Å². The lowest BCUT2D eigenvalue weighted by atomic mass is 9.81. The highest BCUT2D eigenvalue weighted by Gasteiger charge is 2.38. The van der Waals surface area contributed by atoms with E-state index in [4.69, 9.17) is 15.0 Å². The van der Waals surface area contributed by atoms with Crippen molar-refractivity contribution in [3.8, 4) is 67.5 Å². The van der Waals surface area contributed by atoms with E-state index in [0.29, 0.717) is 34.2 Å². The Morgan fingerprint density at radius 1 is 0.333 bits per heavy atom. The lowest BCUT2D eigenvalue weighted by molar-refractivity contribution is -0.0431. The van der Waals surface area contributed by atoms with Crippen LogP contribution in [0.25, 0.3) is 67.5 Å². The second kappa shape index (κ2) is 13.3. The molecule has 57 heavy (non-hydrogen) atoms. The van der Waals surface area contributed by atoms with Gasteiger partial charge in [0.1, 0.15) is 0 Å². The number of aliphatic hydroxyl groups is 6. The van der Waals surface area contributed by atoms with Gasteiger partial charge in [0.25, 0.3) is 0 Å². The minimum atomic E-state index is -1.56. The van der Waals surface area contributed by atoms with Crippen LogP contribution in [0, 0.1) is 0 Å². The molecule has 0 spiro atoms. The molecular formula is C48H41N3O6. The second-order valence-corrected chi connectivity index (χ2v) is 16.0. The first kappa shape index (κ1) is 36.7. The standard InChI is InChI=1S/C48H41N3O6/c1-47(2)37-21-29(13-17-33(37)35-19-15-31(45(54)55)23-39(35)47)42-49-41(27-9-5-25(6-10-27)26-7-11-28(12-8-26)44(52)53)50-43(51-42)30-14-18-34-36-20-16-32(46(56)57)24-40(36)48(3,4)38(34)22-30/h5-24,44-46,52-57H,1-4H3. The van der Waals surface area contributed by atoms with Crippen LogP contribution in [-0.4, -0.2) is 45.6 Å². The molecule has 7 aromatic rings. The number of aromatic nitrogens is 3. The van der Waals surface area contributed by atoms with E-state index in [2.05, 4.69) is 52.0 Å². The zero-order chi connectivity index (χ0) is 40.0. The summed E-state index contributed by atoms with van der Waals surface area (Å²) in [5, 5.41) is 58.8. The van der Waals surface area contributed by atoms with Crippen molar-refractivity contribution in [3.05, 3.63) is 160 Å². The molecule has 6 aromatic carbocycles. The molecule has 2 aliphatic rings. The first-order valence-corrected chi connectivity index (χ1v) is 18.9. The number of hydrogen-bond acceptors (Lipinski definition) is 9. The molecule has 0 fully saturated rings. The van der Waals surface area contributed by atoms with Gasteiger partial charge in [-0.3, -0.25) is 0 Å². The van der Waals surface area contributed by atoms with Gasteiger partial charge in [-0.25, -0.2) is 15.0 Å². The van der Waals surface area contributed by atoms with Crippen LogP contribution < -0.4 is 0 Å². The molecule has 6 N–H and O–H groups in total. The fraction of sp³-hybridized carbons (Fsp3) is 0.188. The van der Waals surface area contributed by atoms with Gasteiger partial charge in [0.05, 0.1) is 0 Å². The van der Waals surface area contributed by atoms with Gasteiger partial charge in [0.2, 0.25) is 0 Å². The Kier molecular flexibility index (Phi) is 8.60. The van der Waals surface area contributed by atoms with E-state index in [1.165, 1.54) is 0 Å². The van der Waals surface area contributed by atoms with E-state index < -0.39 is 29.7 Å². The number of nitrogens with zero attached hydrogens (tertiary/aromatic N) is 3. The normalized spacial score (nSPS) is 14.5. The highest BCUT2D eigenvalue weighted by Crippen LogP contribution is 2.51. The summed E-state index contributed by atoms with van der Waals surface area (Å²) in [7, 11) is 0. The maximum atomic E-state index is 9.93. The molecule has 9 rings (SSSR count). The summed E-state index contributed by atoms with van der Waals surface area (Å²) >= 11 is 0. The number of fused-ring (bicyclic) bond motifs is 6. The van der Waals surface area contributed by atoms with Gasteiger partial charge in [0.15, 0.2) is 36.3 Å². The fourth-order valence-electron chi connectivity index (χ4n) is 8.53. The van der Waals surface area contributed by atoms with E-state index in [1.807, 2.05) is 72.8 Å². The zero-order valence-electron chi connectivity index (χ0n) is 31.8. The smallest absolute Gasteiger partial charge is 0.178 e. The van der Waals surface area contributed by atoms with Crippen LogP contribution in [0.3, 0.4) is 0 Å². The van der Waals surface area contributed by atoms with Crippen LogP contribution >= 0.6 is 0 Å². The summed E-state index contributed by atoms with van der Waals surface area (Å²) in [6.45, 7) is 8.53. The van der Waals surface area contributed by atoms with Crippen LogP contribution in [0.1, 0.15) is 85.5 Å². The van der Waals surface area contributed by atoms with Crippen molar-refractivity contribution >= 4 is 0 Å². The molecule has 0 radical (unpaired) electrons. The number of hydrogen-bond donors (Lipinski definition) is 6. The SMILES string of the molecule is CC1(C)c2cc(-c3nc(-c4ccc(-c5ccc(C(O)O)cc5)cc4)nc(-c4ccc5c(c4)C(C)(C)c4cc(C(O)O)ccc4-5)n3)ccc2-c2ccc(C(O)O)cc21. The Bertz CT molecular complexity index is 2580. The molecule has 0 unspecified atom stereocenters. The highest BCUT2D eigenvalue weighted by molar-refractivity contribution is 5.85. The van der Waals surface area contributed by atoms with Gasteiger partial charge in [-0.1, -0.05) is 125 Å². The minimum Gasteiger partial charge on any atom is -0.364 e. The van der Waals surface area contributed by atoms with Gasteiger partial charge in [-0.15, -0.1) is 0 Å². The topological polar surface area (TPSA) is 160 Å². The average molecular weight is 756 g/mol. The molecule has 1 heterocycles. The van der Waals surface area contributed by atoms with Gasteiger partial charge in [0, 0.05) is 44.2 Å². The average Bonchev–Trinajstić information content (AvgIpc) is 3.58. The van der Waals surface area contributed by atoms with Crippen LogP contribution in [0.15, 0.2) is 121 Å². The van der Waals surface area contributed by atoms with Crippen LogP contribution in [0.5, 0.6) is 0 Å². The van der Waals surface area contributed by atoms with Crippen LogP contribution in [0.4, 0.5) is 0 Å². The third-order valence-electron chi connectivity index (χ3n) is 11.8. The molecule has 0 saturated carbocycles. The number of aliphatic hydroxyl groups excluding tert-OH is 3. The Morgan fingerprint density at radius 3 is 1.00 bits per heavy atom. The largest absolute Gasteiger partial charge is 0.364 e. The molecule has 0 amide bonds. The predicted octanol–water partition coefficient (Wildman–Crippen LogP) is 8.10. The van der Waals surface area contributed by atoms with Gasteiger partial charge in [-0.2, -0.15) is 0 Å². The van der Waals surface area contributed by atoms with Crippen LogP contribution in [-0.2, 0) is 10.8 Å². The molecule has 0 aliphatic heterocycles. The van der Waals surface area contributed by atoms with E-state index in [1.54, 1.807) is 24.3 Å². The van der Waals surface area contributed by atoms with Crippen LogP contribution in [0.2, 0.25) is 0 Å². The first-order chi connectivity index (χ1) is 27.2. The van der Waals surface area contributed by atoms with E-state index in [0.717, 1.165) is 72.3 Å². The summed E-state index contributed by atoms with van der Waals surface area (Å²) in [5.41, 5.74) is 13.2. The summed E-state index contributed by atoms with van der Waals surface area (Å²) in [6.07, 6.45) is -4.66. The molecule has 0 atom stereocenters. The quantitative estimate of drug-likeness (QED) is 0.0884. The zero-order valence-corrected chi connectivity index (χ0v) is 31.8. The van der Waals surface area contributed by atoms with E-state index >= 15 is 0 Å². The molecule has 0 bridgehead atoms. The Morgan fingerprint density at radius 2 is 0.614 bits per heavy atom. The number of benzene rings is 6. The van der Waals surface area contributed by atoms with Gasteiger partial charge < -0.3 is 30.6 Å². The van der Waals surface area contributed by atoms with Crippen molar-refractivity contribution < 1.29 is 30.6 Å². The van der Waals surface area contributed by atoms with Crippen molar-refractivity contribution in [1.82, 2.24) is 15.0 Å².